The maximum absolute atomic E-state index is 10.2. The first-order valence-electron chi connectivity index (χ1n) is 5.15. The first-order chi connectivity index (χ1) is 7.20. The number of aliphatic carboxylic acids is 1. The van der Waals surface area contributed by atoms with E-state index in [4.69, 9.17) is 5.11 Å². The number of rotatable bonds is 7. The molecule has 0 aromatic carbocycles. The van der Waals surface area contributed by atoms with Crippen molar-refractivity contribution < 1.29 is 9.90 Å². The van der Waals surface area contributed by atoms with Gasteiger partial charge in [-0.3, -0.25) is 4.79 Å². The van der Waals surface area contributed by atoms with E-state index in [1.54, 1.807) is 11.3 Å². The van der Waals surface area contributed by atoms with Crippen LogP contribution in [0.15, 0.2) is 11.4 Å². The molecule has 0 amide bonds. The van der Waals surface area contributed by atoms with Crippen LogP contribution in [0.3, 0.4) is 0 Å². The zero-order valence-corrected chi connectivity index (χ0v) is 9.77. The molecular weight excluding hydrogens is 210 g/mol. The summed E-state index contributed by atoms with van der Waals surface area (Å²) in [5.74, 6) is -0.717. The first kappa shape index (κ1) is 12.2. The van der Waals surface area contributed by atoms with E-state index in [1.807, 2.05) is 0 Å². The Hall–Kier alpha value is -0.870. The molecule has 3 nitrogen and oxygen atoms in total. The predicted octanol–water partition coefficient (Wildman–Crippen LogP) is 2.05. The lowest BCUT2D eigenvalue weighted by Crippen LogP contribution is -2.19. The highest BCUT2D eigenvalue weighted by molar-refractivity contribution is 7.10. The topological polar surface area (TPSA) is 49.3 Å². The highest BCUT2D eigenvalue weighted by atomic mass is 32.1. The number of carboxylic acid groups (broad SMARTS) is 1. The van der Waals surface area contributed by atoms with E-state index in [1.165, 1.54) is 10.4 Å². The van der Waals surface area contributed by atoms with Crippen LogP contribution in [0.4, 0.5) is 0 Å². The van der Waals surface area contributed by atoms with Crippen molar-refractivity contribution in [2.24, 2.45) is 0 Å². The lowest BCUT2D eigenvalue weighted by molar-refractivity contribution is -0.137. The Labute approximate surface area is 94.1 Å². The van der Waals surface area contributed by atoms with Crippen LogP contribution in [0.25, 0.3) is 0 Å². The van der Waals surface area contributed by atoms with Gasteiger partial charge in [0, 0.05) is 11.3 Å². The van der Waals surface area contributed by atoms with E-state index >= 15 is 0 Å². The molecule has 0 unspecified atom stereocenters. The lowest BCUT2D eigenvalue weighted by Gasteiger charge is -2.02. The summed E-state index contributed by atoms with van der Waals surface area (Å²) in [6.45, 7) is 3.84. The van der Waals surface area contributed by atoms with E-state index in [2.05, 4.69) is 23.7 Å². The summed E-state index contributed by atoms with van der Waals surface area (Å²) < 4.78 is 0. The second-order valence-corrected chi connectivity index (χ2v) is 4.52. The monoisotopic (exact) mass is 227 g/mol. The van der Waals surface area contributed by atoms with E-state index in [9.17, 15) is 4.79 Å². The van der Waals surface area contributed by atoms with Crippen molar-refractivity contribution in [3.05, 3.63) is 21.9 Å². The SMILES string of the molecule is Cc1ccsc1CCNCCCC(=O)O. The smallest absolute Gasteiger partial charge is 0.303 e. The summed E-state index contributed by atoms with van der Waals surface area (Å²) in [6, 6.07) is 2.13. The Morgan fingerprint density at radius 1 is 1.53 bits per heavy atom. The van der Waals surface area contributed by atoms with Crippen molar-refractivity contribution in [2.45, 2.75) is 26.2 Å². The molecule has 1 heterocycles. The molecule has 0 radical (unpaired) electrons. The second-order valence-electron chi connectivity index (χ2n) is 3.52. The molecule has 1 aromatic rings. The molecule has 0 saturated heterocycles. The van der Waals surface area contributed by atoms with Crippen molar-refractivity contribution >= 4 is 17.3 Å². The summed E-state index contributed by atoms with van der Waals surface area (Å²) in [6.07, 6.45) is 2.00. The zero-order chi connectivity index (χ0) is 11.1. The van der Waals surface area contributed by atoms with Gasteiger partial charge in [-0.2, -0.15) is 0 Å². The molecule has 0 aliphatic carbocycles. The summed E-state index contributed by atoms with van der Waals surface area (Å²) in [4.78, 5) is 11.7. The summed E-state index contributed by atoms with van der Waals surface area (Å²) in [5, 5.41) is 13.8. The highest BCUT2D eigenvalue weighted by Gasteiger charge is 1.99. The number of hydrogen-bond donors (Lipinski definition) is 2. The largest absolute Gasteiger partial charge is 0.481 e. The molecule has 0 fully saturated rings. The molecule has 0 aliphatic rings. The Balaban J connectivity index is 2.03. The summed E-state index contributed by atoms with van der Waals surface area (Å²) >= 11 is 1.78. The van der Waals surface area contributed by atoms with E-state index < -0.39 is 5.97 Å². The van der Waals surface area contributed by atoms with Crippen molar-refractivity contribution in [1.82, 2.24) is 5.32 Å². The standard InChI is InChI=1S/C11H17NO2S/c1-9-5-8-15-10(9)4-7-12-6-2-3-11(13)14/h5,8,12H,2-4,6-7H2,1H3,(H,13,14). The normalized spacial score (nSPS) is 10.5. The Morgan fingerprint density at radius 3 is 2.93 bits per heavy atom. The Kier molecular flexibility index (Phi) is 5.36. The number of hydrogen-bond acceptors (Lipinski definition) is 3. The maximum Gasteiger partial charge on any atom is 0.303 e. The molecular formula is C11H17NO2S. The maximum atomic E-state index is 10.2. The second kappa shape index (κ2) is 6.58. The third-order valence-corrected chi connectivity index (χ3v) is 3.32. The van der Waals surface area contributed by atoms with Crippen LogP contribution in [-0.2, 0) is 11.2 Å². The molecule has 4 heteroatoms. The van der Waals surface area contributed by atoms with Gasteiger partial charge in [0.1, 0.15) is 0 Å². The lowest BCUT2D eigenvalue weighted by atomic mass is 10.2. The molecule has 84 valence electrons. The van der Waals surface area contributed by atoms with Crippen molar-refractivity contribution in [2.75, 3.05) is 13.1 Å². The minimum Gasteiger partial charge on any atom is -0.481 e. The number of carboxylic acids is 1. The third-order valence-electron chi connectivity index (χ3n) is 2.24. The average Bonchev–Trinajstić information content (AvgIpc) is 2.57. The fourth-order valence-corrected chi connectivity index (χ4v) is 2.26. The molecule has 0 bridgehead atoms. The molecule has 1 aromatic heterocycles. The van der Waals surface area contributed by atoms with Gasteiger partial charge in [0.2, 0.25) is 0 Å². The summed E-state index contributed by atoms with van der Waals surface area (Å²) in [7, 11) is 0. The van der Waals surface area contributed by atoms with Crippen LogP contribution in [0, 0.1) is 6.92 Å². The van der Waals surface area contributed by atoms with Gasteiger partial charge >= 0.3 is 5.97 Å². The van der Waals surface area contributed by atoms with Crippen LogP contribution < -0.4 is 5.32 Å². The predicted molar refractivity (Wildman–Crippen MR) is 62.5 cm³/mol. The highest BCUT2D eigenvalue weighted by Crippen LogP contribution is 2.15. The first-order valence-corrected chi connectivity index (χ1v) is 6.03. The number of nitrogens with one attached hydrogen (secondary N) is 1. The quantitative estimate of drug-likeness (QED) is 0.701. The van der Waals surface area contributed by atoms with Crippen molar-refractivity contribution in [3.63, 3.8) is 0 Å². The van der Waals surface area contributed by atoms with Crippen molar-refractivity contribution in [1.29, 1.82) is 0 Å². The zero-order valence-electron chi connectivity index (χ0n) is 8.95. The third kappa shape index (κ3) is 4.95. The van der Waals surface area contributed by atoms with Gasteiger partial charge in [0.25, 0.3) is 0 Å². The Morgan fingerprint density at radius 2 is 2.33 bits per heavy atom. The molecule has 1 rings (SSSR count). The summed E-state index contributed by atoms with van der Waals surface area (Å²) in [5.41, 5.74) is 1.35. The molecule has 0 spiro atoms. The van der Waals surface area contributed by atoms with Crippen LogP contribution in [0.2, 0.25) is 0 Å². The van der Waals surface area contributed by atoms with E-state index in [-0.39, 0.29) is 6.42 Å². The van der Waals surface area contributed by atoms with E-state index in [0.29, 0.717) is 6.42 Å². The van der Waals surface area contributed by atoms with Crippen LogP contribution in [0.5, 0.6) is 0 Å². The van der Waals surface area contributed by atoms with Gasteiger partial charge in [0.15, 0.2) is 0 Å². The van der Waals surface area contributed by atoms with E-state index in [0.717, 1.165) is 19.5 Å². The van der Waals surface area contributed by atoms with Gasteiger partial charge in [0.05, 0.1) is 0 Å². The van der Waals surface area contributed by atoms with Crippen LogP contribution in [-0.4, -0.2) is 24.2 Å². The molecule has 15 heavy (non-hydrogen) atoms. The minimum absolute atomic E-state index is 0.255. The van der Waals surface area contributed by atoms with Gasteiger partial charge in [-0.1, -0.05) is 0 Å². The molecule has 2 N–H and O–H groups in total. The van der Waals surface area contributed by atoms with Gasteiger partial charge in [-0.05, 0) is 49.9 Å². The van der Waals surface area contributed by atoms with Gasteiger partial charge in [-0.15, -0.1) is 11.3 Å². The Bertz CT molecular complexity index is 309. The average molecular weight is 227 g/mol. The number of carbonyl (C=O) groups is 1. The molecule has 0 atom stereocenters. The molecule has 0 aliphatic heterocycles. The van der Waals surface area contributed by atoms with Gasteiger partial charge in [-0.25, -0.2) is 0 Å². The molecule has 0 saturated carbocycles. The van der Waals surface area contributed by atoms with Crippen molar-refractivity contribution in [3.8, 4) is 0 Å². The van der Waals surface area contributed by atoms with Crippen LogP contribution >= 0.6 is 11.3 Å². The number of thiophene rings is 1. The fraction of sp³-hybridized carbons (Fsp3) is 0.545. The number of aryl methyl sites for hydroxylation is 1. The minimum atomic E-state index is -0.717. The van der Waals surface area contributed by atoms with Gasteiger partial charge < -0.3 is 10.4 Å². The van der Waals surface area contributed by atoms with Crippen LogP contribution in [0.1, 0.15) is 23.3 Å². The fourth-order valence-electron chi connectivity index (χ4n) is 1.35.